The lowest BCUT2D eigenvalue weighted by Crippen LogP contribution is -2.07. The van der Waals surface area contributed by atoms with Gasteiger partial charge in [-0.25, -0.2) is 9.97 Å². The molecular formula is C13H17N5S3. The molecule has 0 spiro atoms. The molecule has 0 amide bonds. The molecule has 0 aliphatic heterocycles. The highest BCUT2D eigenvalue weighted by Gasteiger charge is 2.28. The fraction of sp³-hybridized carbons (Fsp3) is 0.538. The van der Waals surface area contributed by atoms with Crippen molar-refractivity contribution in [2.75, 3.05) is 18.1 Å². The van der Waals surface area contributed by atoms with Gasteiger partial charge in [-0.1, -0.05) is 23.1 Å². The van der Waals surface area contributed by atoms with Crippen molar-refractivity contribution in [1.29, 1.82) is 0 Å². The fourth-order valence-corrected chi connectivity index (χ4v) is 4.32. The molecule has 5 nitrogen and oxygen atoms in total. The Labute approximate surface area is 136 Å². The Morgan fingerprint density at radius 2 is 2.00 bits per heavy atom. The lowest BCUT2D eigenvalue weighted by atomic mass is 10.3. The van der Waals surface area contributed by atoms with E-state index in [4.69, 9.17) is 4.98 Å². The van der Waals surface area contributed by atoms with E-state index in [0.29, 0.717) is 5.92 Å². The first kappa shape index (κ1) is 15.1. The monoisotopic (exact) mass is 339 g/mol. The lowest BCUT2D eigenvalue weighted by Gasteiger charge is -2.11. The number of hydrogen-bond acceptors (Lipinski definition) is 8. The molecule has 1 aliphatic carbocycles. The zero-order valence-electron chi connectivity index (χ0n) is 12.2. The average molecular weight is 340 g/mol. The summed E-state index contributed by atoms with van der Waals surface area (Å²) in [5, 5.41) is 12.7. The number of nitrogens with one attached hydrogen (secondary N) is 1. The summed E-state index contributed by atoms with van der Waals surface area (Å²) in [4.78, 5) is 9.43. The van der Waals surface area contributed by atoms with E-state index in [-0.39, 0.29) is 0 Å². The Hall–Kier alpha value is -0.860. The Bertz CT molecular complexity index is 639. The third-order valence-electron chi connectivity index (χ3n) is 3.15. The number of thioether (sulfide) groups is 1. The van der Waals surface area contributed by atoms with Gasteiger partial charge in [-0.3, -0.25) is 0 Å². The third kappa shape index (κ3) is 3.49. The number of anilines is 1. The van der Waals surface area contributed by atoms with Crippen molar-refractivity contribution >= 4 is 40.7 Å². The highest BCUT2D eigenvalue weighted by molar-refractivity contribution is 8.03. The zero-order valence-corrected chi connectivity index (χ0v) is 14.7. The molecule has 2 aromatic rings. The van der Waals surface area contributed by atoms with Crippen LogP contribution >= 0.6 is 34.9 Å². The molecule has 0 aromatic carbocycles. The van der Waals surface area contributed by atoms with E-state index >= 15 is 0 Å². The molecule has 8 heteroatoms. The Balaban J connectivity index is 1.91. The largest absolute Gasteiger partial charge is 0.370 e. The van der Waals surface area contributed by atoms with E-state index in [0.717, 1.165) is 37.5 Å². The molecule has 0 bridgehead atoms. The van der Waals surface area contributed by atoms with Crippen LogP contribution in [0.1, 0.15) is 37.1 Å². The number of hydrogen-bond donors (Lipinski definition) is 1. The topological polar surface area (TPSA) is 63.6 Å². The van der Waals surface area contributed by atoms with Gasteiger partial charge in [0.25, 0.3) is 0 Å². The van der Waals surface area contributed by atoms with Gasteiger partial charge in [0, 0.05) is 18.0 Å². The van der Waals surface area contributed by atoms with Gasteiger partial charge in [0.1, 0.15) is 16.7 Å². The summed E-state index contributed by atoms with van der Waals surface area (Å²) in [6.07, 6.45) is 4.42. The predicted molar refractivity (Wildman–Crippen MR) is 88.7 cm³/mol. The zero-order chi connectivity index (χ0) is 14.8. The van der Waals surface area contributed by atoms with Crippen molar-refractivity contribution in [3.63, 3.8) is 0 Å². The standard InChI is InChI=1S/C13H17N5S3/c1-4-14-9-7(2)11(16-10(15-9)8-5-6-8)20-13-18-17-12(19-3)21-13/h8H,4-6H2,1-3H3,(H,14,15,16). The van der Waals surface area contributed by atoms with E-state index in [2.05, 4.69) is 34.3 Å². The van der Waals surface area contributed by atoms with E-state index in [1.54, 1.807) is 34.9 Å². The molecule has 0 atom stereocenters. The van der Waals surface area contributed by atoms with Crippen LogP contribution in [0.3, 0.4) is 0 Å². The molecule has 1 aliphatic rings. The predicted octanol–water partition coefficient (Wildman–Crippen LogP) is 3.82. The van der Waals surface area contributed by atoms with Gasteiger partial charge >= 0.3 is 0 Å². The fourth-order valence-electron chi connectivity index (χ4n) is 1.88. The van der Waals surface area contributed by atoms with Crippen LogP contribution in [0.25, 0.3) is 0 Å². The van der Waals surface area contributed by atoms with Crippen molar-refractivity contribution in [3.05, 3.63) is 11.4 Å². The van der Waals surface area contributed by atoms with Crippen LogP contribution in [0, 0.1) is 6.92 Å². The van der Waals surface area contributed by atoms with Gasteiger partial charge in [-0.2, -0.15) is 0 Å². The van der Waals surface area contributed by atoms with Gasteiger partial charge in [0.05, 0.1) is 0 Å². The summed E-state index contributed by atoms with van der Waals surface area (Å²) < 4.78 is 1.92. The highest BCUT2D eigenvalue weighted by Crippen LogP contribution is 2.41. The SMILES string of the molecule is CCNc1nc(C2CC2)nc(Sc2nnc(SC)s2)c1C. The van der Waals surface area contributed by atoms with Crippen LogP contribution in [0.15, 0.2) is 13.7 Å². The smallest absolute Gasteiger partial charge is 0.181 e. The first-order valence-corrected chi connectivity index (χ1v) is 9.74. The summed E-state index contributed by atoms with van der Waals surface area (Å²) in [6.45, 7) is 5.01. The van der Waals surface area contributed by atoms with E-state index < -0.39 is 0 Å². The molecule has 21 heavy (non-hydrogen) atoms. The van der Waals surface area contributed by atoms with Crippen LogP contribution in [0.5, 0.6) is 0 Å². The van der Waals surface area contributed by atoms with Crippen molar-refractivity contribution < 1.29 is 0 Å². The van der Waals surface area contributed by atoms with Crippen molar-refractivity contribution in [1.82, 2.24) is 20.2 Å². The molecule has 2 aromatic heterocycles. The van der Waals surface area contributed by atoms with Crippen LogP contribution in [-0.4, -0.2) is 33.0 Å². The summed E-state index contributed by atoms with van der Waals surface area (Å²) in [5.74, 6) is 2.46. The second-order valence-corrected chi connectivity index (χ2v) is 8.07. The van der Waals surface area contributed by atoms with Gasteiger partial charge in [0.15, 0.2) is 8.68 Å². The summed E-state index contributed by atoms with van der Waals surface area (Å²) in [6, 6.07) is 0. The van der Waals surface area contributed by atoms with Crippen molar-refractivity contribution in [2.24, 2.45) is 0 Å². The lowest BCUT2D eigenvalue weighted by molar-refractivity contribution is 0.859. The maximum atomic E-state index is 4.75. The van der Waals surface area contributed by atoms with E-state index in [1.807, 2.05) is 6.26 Å². The highest BCUT2D eigenvalue weighted by atomic mass is 32.2. The van der Waals surface area contributed by atoms with Crippen LogP contribution < -0.4 is 5.32 Å². The molecule has 1 saturated carbocycles. The second kappa shape index (κ2) is 6.50. The summed E-state index contributed by atoms with van der Waals surface area (Å²) in [7, 11) is 0. The van der Waals surface area contributed by atoms with E-state index in [9.17, 15) is 0 Å². The van der Waals surface area contributed by atoms with Gasteiger partial charge in [0.2, 0.25) is 0 Å². The third-order valence-corrected chi connectivity index (χ3v) is 6.19. The minimum atomic E-state index is 0.540. The van der Waals surface area contributed by atoms with Crippen LogP contribution in [0.4, 0.5) is 5.82 Å². The van der Waals surface area contributed by atoms with Gasteiger partial charge in [-0.05, 0) is 44.7 Å². The van der Waals surface area contributed by atoms with Crippen molar-refractivity contribution in [2.45, 2.75) is 46.3 Å². The molecule has 0 unspecified atom stereocenters. The summed E-state index contributed by atoms with van der Waals surface area (Å²) >= 11 is 4.82. The minimum absolute atomic E-state index is 0.540. The van der Waals surface area contributed by atoms with Gasteiger partial charge in [-0.15, -0.1) is 10.2 Å². The maximum Gasteiger partial charge on any atom is 0.181 e. The Morgan fingerprint density at radius 1 is 1.24 bits per heavy atom. The molecule has 3 rings (SSSR count). The Kier molecular flexibility index (Phi) is 4.66. The molecule has 0 radical (unpaired) electrons. The minimum Gasteiger partial charge on any atom is -0.370 e. The number of rotatable bonds is 6. The quantitative estimate of drug-likeness (QED) is 0.634. The number of aromatic nitrogens is 4. The molecular weight excluding hydrogens is 322 g/mol. The number of nitrogens with zero attached hydrogens (tertiary/aromatic N) is 4. The average Bonchev–Trinajstić information content (AvgIpc) is 3.23. The van der Waals surface area contributed by atoms with Crippen LogP contribution in [0.2, 0.25) is 0 Å². The summed E-state index contributed by atoms with van der Waals surface area (Å²) in [5.41, 5.74) is 1.09. The first-order chi connectivity index (χ1) is 10.2. The molecule has 1 N–H and O–H groups in total. The molecule has 112 valence electrons. The maximum absolute atomic E-state index is 4.75. The van der Waals surface area contributed by atoms with E-state index in [1.165, 1.54) is 12.8 Å². The molecule has 0 saturated heterocycles. The van der Waals surface area contributed by atoms with Crippen LogP contribution in [-0.2, 0) is 0 Å². The molecule has 1 fully saturated rings. The molecule has 2 heterocycles. The van der Waals surface area contributed by atoms with Crippen molar-refractivity contribution in [3.8, 4) is 0 Å². The van der Waals surface area contributed by atoms with Gasteiger partial charge < -0.3 is 5.32 Å². The normalized spacial score (nSPS) is 14.4. The second-order valence-electron chi connectivity index (χ2n) is 4.81. The Morgan fingerprint density at radius 3 is 2.62 bits per heavy atom. The first-order valence-electron chi connectivity index (χ1n) is 6.89.